The van der Waals surface area contributed by atoms with Crippen LogP contribution in [0.1, 0.15) is 37.2 Å². The molecule has 28 heavy (non-hydrogen) atoms. The predicted molar refractivity (Wildman–Crippen MR) is 108 cm³/mol. The zero-order chi connectivity index (χ0) is 19.7. The molecule has 0 aliphatic carbocycles. The monoisotopic (exact) mass is 384 g/mol. The molecule has 0 spiro atoms. The van der Waals surface area contributed by atoms with Gasteiger partial charge < -0.3 is 4.98 Å². The smallest absolute Gasteiger partial charge is 0.151 e. The van der Waals surface area contributed by atoms with Crippen molar-refractivity contribution in [3.8, 4) is 0 Å². The molecule has 2 atom stereocenters. The minimum absolute atomic E-state index is 0.273. The lowest BCUT2D eigenvalue weighted by atomic mass is 9.85. The summed E-state index contributed by atoms with van der Waals surface area (Å²) in [6, 6.07) is 5.43. The molecule has 1 N–H and O–H groups in total. The van der Waals surface area contributed by atoms with Crippen LogP contribution in [-0.2, 0) is 13.6 Å². The fourth-order valence-electron chi connectivity index (χ4n) is 4.62. The van der Waals surface area contributed by atoms with E-state index in [4.69, 9.17) is 0 Å². The van der Waals surface area contributed by atoms with Gasteiger partial charge in [0, 0.05) is 31.4 Å². The van der Waals surface area contributed by atoms with Crippen LogP contribution in [0.5, 0.6) is 0 Å². The summed E-state index contributed by atoms with van der Waals surface area (Å²) in [7, 11) is 4.10. The van der Waals surface area contributed by atoms with Crippen molar-refractivity contribution in [1.82, 2.24) is 29.5 Å². The van der Waals surface area contributed by atoms with Gasteiger partial charge in [-0.3, -0.25) is 14.5 Å². The van der Waals surface area contributed by atoms with E-state index in [2.05, 4.69) is 45.0 Å². The number of nitrogens with zero attached hydrogens (tertiary/aromatic N) is 5. The molecule has 0 saturated carbocycles. The first-order valence-electron chi connectivity index (χ1n) is 10.1. The van der Waals surface area contributed by atoms with Gasteiger partial charge in [0.15, 0.2) is 5.82 Å². The summed E-state index contributed by atoms with van der Waals surface area (Å²) in [4.78, 5) is 12.6. The van der Waals surface area contributed by atoms with Crippen LogP contribution in [-0.4, -0.2) is 56.2 Å². The molecule has 0 bridgehead atoms. The van der Waals surface area contributed by atoms with Crippen molar-refractivity contribution >= 4 is 11.0 Å². The number of rotatable bonds is 6. The van der Waals surface area contributed by atoms with Crippen molar-refractivity contribution in [2.75, 3.05) is 26.7 Å². The number of aryl methyl sites for hydroxylation is 1. The Balaban J connectivity index is 1.49. The van der Waals surface area contributed by atoms with E-state index in [0.717, 1.165) is 31.0 Å². The number of hydrogen-bond donors (Lipinski definition) is 1. The lowest BCUT2D eigenvalue weighted by Crippen LogP contribution is -2.42. The maximum Gasteiger partial charge on any atom is 0.151 e. The van der Waals surface area contributed by atoms with Gasteiger partial charge >= 0.3 is 0 Å². The summed E-state index contributed by atoms with van der Waals surface area (Å²) in [5.41, 5.74) is 2.48. The lowest BCUT2D eigenvalue weighted by Gasteiger charge is -2.42. The number of aromatic amines is 1. The van der Waals surface area contributed by atoms with Crippen molar-refractivity contribution in [2.24, 2.45) is 13.0 Å². The van der Waals surface area contributed by atoms with Crippen LogP contribution in [0, 0.1) is 11.7 Å². The third kappa shape index (κ3) is 3.82. The standard InChI is InChI=1S/C21H29FN6/c1-4-28-10-6-7-15(21(28)16-11-23-27(3)13-16)12-26(2)14-19-24-18-9-5-8-17(22)20(18)25-19/h5,8-9,11,13,15,21H,4,6-7,10,12,14H2,1-3H3,(H,24,25)/t15-,21+/m0/s1. The fraction of sp³-hybridized carbons (Fsp3) is 0.524. The molecule has 6 nitrogen and oxygen atoms in total. The van der Waals surface area contributed by atoms with E-state index in [0.29, 0.717) is 24.0 Å². The second-order valence-electron chi connectivity index (χ2n) is 7.94. The number of halogens is 1. The van der Waals surface area contributed by atoms with Gasteiger partial charge in [0.2, 0.25) is 0 Å². The number of benzene rings is 1. The Morgan fingerprint density at radius 1 is 1.36 bits per heavy atom. The first-order chi connectivity index (χ1) is 13.5. The molecule has 1 fully saturated rings. The lowest BCUT2D eigenvalue weighted by molar-refractivity contribution is 0.0744. The van der Waals surface area contributed by atoms with Crippen LogP contribution in [0.4, 0.5) is 4.39 Å². The van der Waals surface area contributed by atoms with Gasteiger partial charge in [0.05, 0.1) is 18.3 Å². The van der Waals surface area contributed by atoms with E-state index in [1.165, 1.54) is 24.5 Å². The van der Waals surface area contributed by atoms with Gasteiger partial charge in [-0.1, -0.05) is 13.0 Å². The van der Waals surface area contributed by atoms with Crippen molar-refractivity contribution in [1.29, 1.82) is 0 Å². The van der Waals surface area contributed by atoms with Crippen LogP contribution in [0.3, 0.4) is 0 Å². The maximum absolute atomic E-state index is 13.9. The second kappa shape index (κ2) is 8.01. The summed E-state index contributed by atoms with van der Waals surface area (Å²) in [6.07, 6.45) is 6.58. The quantitative estimate of drug-likeness (QED) is 0.708. The van der Waals surface area contributed by atoms with Crippen molar-refractivity contribution in [3.05, 3.63) is 47.8 Å². The van der Waals surface area contributed by atoms with Crippen LogP contribution < -0.4 is 0 Å². The average molecular weight is 385 g/mol. The van der Waals surface area contributed by atoms with Crippen LogP contribution >= 0.6 is 0 Å². The Morgan fingerprint density at radius 3 is 2.93 bits per heavy atom. The zero-order valence-electron chi connectivity index (χ0n) is 16.9. The maximum atomic E-state index is 13.9. The molecular weight excluding hydrogens is 355 g/mol. The van der Waals surface area contributed by atoms with E-state index in [1.807, 2.05) is 24.0 Å². The minimum Gasteiger partial charge on any atom is -0.341 e. The highest BCUT2D eigenvalue weighted by Crippen LogP contribution is 2.36. The highest BCUT2D eigenvalue weighted by molar-refractivity contribution is 5.75. The SMILES string of the molecule is CCN1CCC[C@@H](CN(C)Cc2nc3c(F)cccc3[nH]2)[C@@H]1c1cnn(C)c1. The van der Waals surface area contributed by atoms with E-state index in [-0.39, 0.29) is 5.82 Å². The topological polar surface area (TPSA) is 53.0 Å². The highest BCUT2D eigenvalue weighted by Gasteiger charge is 2.33. The van der Waals surface area contributed by atoms with Crippen molar-refractivity contribution < 1.29 is 4.39 Å². The highest BCUT2D eigenvalue weighted by atomic mass is 19.1. The number of para-hydroxylation sites is 1. The average Bonchev–Trinajstić information content (AvgIpc) is 3.28. The molecule has 3 aromatic rings. The third-order valence-corrected chi connectivity index (χ3v) is 5.81. The minimum atomic E-state index is -0.273. The molecule has 1 aliphatic heterocycles. The summed E-state index contributed by atoms with van der Waals surface area (Å²) < 4.78 is 15.8. The summed E-state index contributed by atoms with van der Waals surface area (Å²) in [6.45, 7) is 6.06. The zero-order valence-corrected chi connectivity index (χ0v) is 16.9. The van der Waals surface area contributed by atoms with Gasteiger partial charge in [-0.2, -0.15) is 5.10 Å². The number of likely N-dealkylation sites (tertiary alicyclic amines) is 1. The number of H-pyrrole nitrogens is 1. The van der Waals surface area contributed by atoms with E-state index < -0.39 is 0 Å². The summed E-state index contributed by atoms with van der Waals surface area (Å²) in [5, 5.41) is 4.40. The first-order valence-corrected chi connectivity index (χ1v) is 10.1. The Bertz CT molecular complexity index is 932. The molecule has 0 radical (unpaired) electrons. The number of aromatic nitrogens is 4. The Hall–Kier alpha value is -2.25. The molecule has 1 saturated heterocycles. The number of hydrogen-bond acceptors (Lipinski definition) is 4. The number of piperidine rings is 1. The molecule has 0 unspecified atom stereocenters. The van der Waals surface area contributed by atoms with E-state index in [9.17, 15) is 4.39 Å². The molecule has 1 aliphatic rings. The van der Waals surface area contributed by atoms with Crippen molar-refractivity contribution in [2.45, 2.75) is 32.4 Å². The van der Waals surface area contributed by atoms with Crippen LogP contribution in [0.25, 0.3) is 11.0 Å². The van der Waals surface area contributed by atoms with E-state index >= 15 is 0 Å². The van der Waals surface area contributed by atoms with Gasteiger partial charge in [-0.05, 0) is 51.0 Å². The van der Waals surface area contributed by atoms with Gasteiger partial charge in [-0.15, -0.1) is 0 Å². The fourth-order valence-corrected chi connectivity index (χ4v) is 4.62. The summed E-state index contributed by atoms with van der Waals surface area (Å²) in [5.74, 6) is 1.07. The van der Waals surface area contributed by atoms with E-state index in [1.54, 1.807) is 6.07 Å². The molecular formula is C21H29FN6. The Kier molecular flexibility index (Phi) is 5.46. The second-order valence-corrected chi connectivity index (χ2v) is 7.94. The number of fused-ring (bicyclic) bond motifs is 1. The van der Waals surface area contributed by atoms with Gasteiger partial charge in [0.1, 0.15) is 11.3 Å². The molecule has 150 valence electrons. The largest absolute Gasteiger partial charge is 0.341 e. The van der Waals surface area contributed by atoms with Gasteiger partial charge in [0.25, 0.3) is 0 Å². The molecule has 7 heteroatoms. The number of imidazole rings is 1. The molecule has 0 amide bonds. The molecule has 2 aromatic heterocycles. The van der Waals surface area contributed by atoms with Crippen molar-refractivity contribution in [3.63, 3.8) is 0 Å². The third-order valence-electron chi connectivity index (χ3n) is 5.81. The van der Waals surface area contributed by atoms with Gasteiger partial charge in [-0.25, -0.2) is 9.37 Å². The van der Waals surface area contributed by atoms with Crippen LogP contribution in [0.2, 0.25) is 0 Å². The Morgan fingerprint density at radius 2 is 2.21 bits per heavy atom. The molecule has 4 rings (SSSR count). The van der Waals surface area contributed by atoms with Crippen LogP contribution in [0.15, 0.2) is 30.6 Å². The molecule has 3 heterocycles. The Labute approximate surface area is 165 Å². The summed E-state index contributed by atoms with van der Waals surface area (Å²) >= 11 is 0. The number of nitrogens with one attached hydrogen (secondary N) is 1. The first kappa shape index (κ1) is 19.1. The normalized spacial score (nSPS) is 21.0. The predicted octanol–water partition coefficient (Wildman–Crippen LogP) is 3.34. The molecule has 1 aromatic carbocycles.